The fourth-order valence-corrected chi connectivity index (χ4v) is 3.17. The molecular formula is C22H29N2O. The molecule has 0 heterocycles. The van der Waals surface area contributed by atoms with Crippen LogP contribution in [0.2, 0.25) is 0 Å². The van der Waals surface area contributed by atoms with E-state index in [0.717, 1.165) is 24.9 Å². The van der Waals surface area contributed by atoms with Crippen LogP contribution < -0.4 is 11.1 Å². The van der Waals surface area contributed by atoms with E-state index >= 15 is 0 Å². The van der Waals surface area contributed by atoms with Gasteiger partial charge in [0, 0.05) is 0 Å². The second kappa shape index (κ2) is 10.00. The molecule has 2 unspecified atom stereocenters. The normalized spacial score (nSPS) is 13.6. The SMILES string of the molecule is C[C](C)CC(CNC(Cc1ccccc1)C(N)=O)Cc1ccccc1. The molecule has 2 aromatic rings. The summed E-state index contributed by atoms with van der Waals surface area (Å²) in [5, 5.41) is 3.41. The van der Waals surface area contributed by atoms with Crippen molar-refractivity contribution in [1.29, 1.82) is 0 Å². The Kier molecular flexibility index (Phi) is 7.68. The molecule has 1 radical (unpaired) electrons. The first-order chi connectivity index (χ1) is 12.0. The zero-order chi connectivity index (χ0) is 18.1. The van der Waals surface area contributed by atoms with Gasteiger partial charge in [-0.25, -0.2) is 0 Å². The molecule has 0 bridgehead atoms. The third-order valence-corrected chi connectivity index (χ3v) is 4.34. The molecule has 133 valence electrons. The quantitative estimate of drug-likeness (QED) is 0.697. The first-order valence-electron chi connectivity index (χ1n) is 8.94. The monoisotopic (exact) mass is 337 g/mol. The van der Waals surface area contributed by atoms with Crippen LogP contribution in [0.1, 0.15) is 31.4 Å². The lowest BCUT2D eigenvalue weighted by Crippen LogP contribution is -2.45. The lowest BCUT2D eigenvalue weighted by Gasteiger charge is -2.23. The number of nitrogens with one attached hydrogen (secondary N) is 1. The third-order valence-electron chi connectivity index (χ3n) is 4.34. The van der Waals surface area contributed by atoms with Crippen molar-refractivity contribution in [2.45, 2.75) is 39.2 Å². The number of carbonyl (C=O) groups excluding carboxylic acids is 1. The van der Waals surface area contributed by atoms with Crippen molar-refractivity contribution < 1.29 is 4.79 Å². The van der Waals surface area contributed by atoms with Gasteiger partial charge in [0.1, 0.15) is 0 Å². The van der Waals surface area contributed by atoms with E-state index in [1.54, 1.807) is 0 Å². The van der Waals surface area contributed by atoms with Crippen molar-refractivity contribution >= 4 is 5.91 Å². The van der Waals surface area contributed by atoms with Gasteiger partial charge in [-0.05, 0) is 48.8 Å². The fraction of sp³-hybridized carbons (Fsp3) is 0.364. The van der Waals surface area contributed by atoms with Crippen molar-refractivity contribution in [3.63, 3.8) is 0 Å². The van der Waals surface area contributed by atoms with Gasteiger partial charge in [-0.2, -0.15) is 0 Å². The summed E-state index contributed by atoms with van der Waals surface area (Å²) in [6.45, 7) is 5.10. The average Bonchev–Trinajstić information content (AvgIpc) is 2.59. The van der Waals surface area contributed by atoms with E-state index in [4.69, 9.17) is 5.73 Å². The molecule has 0 fully saturated rings. The topological polar surface area (TPSA) is 55.1 Å². The van der Waals surface area contributed by atoms with Crippen LogP contribution in [0.5, 0.6) is 0 Å². The highest BCUT2D eigenvalue weighted by Gasteiger charge is 2.19. The summed E-state index contributed by atoms with van der Waals surface area (Å²) in [7, 11) is 0. The minimum Gasteiger partial charge on any atom is -0.368 e. The van der Waals surface area contributed by atoms with Crippen molar-refractivity contribution in [3.05, 3.63) is 77.7 Å². The Morgan fingerprint density at radius 3 is 1.92 bits per heavy atom. The maximum absolute atomic E-state index is 11.9. The Hall–Kier alpha value is -2.13. The van der Waals surface area contributed by atoms with E-state index in [0.29, 0.717) is 12.3 Å². The first kappa shape index (κ1) is 19.2. The highest BCUT2D eigenvalue weighted by Crippen LogP contribution is 2.18. The van der Waals surface area contributed by atoms with E-state index in [-0.39, 0.29) is 11.9 Å². The molecule has 0 spiro atoms. The van der Waals surface area contributed by atoms with Gasteiger partial charge >= 0.3 is 0 Å². The van der Waals surface area contributed by atoms with E-state index in [2.05, 4.69) is 43.4 Å². The van der Waals surface area contributed by atoms with Gasteiger partial charge in [0.15, 0.2) is 0 Å². The summed E-state index contributed by atoms with van der Waals surface area (Å²) in [6.07, 6.45) is 2.66. The van der Waals surface area contributed by atoms with Crippen LogP contribution in [0.25, 0.3) is 0 Å². The maximum Gasteiger partial charge on any atom is 0.234 e. The van der Waals surface area contributed by atoms with Crippen molar-refractivity contribution in [3.8, 4) is 0 Å². The highest BCUT2D eigenvalue weighted by atomic mass is 16.1. The van der Waals surface area contributed by atoms with Crippen molar-refractivity contribution in [2.75, 3.05) is 6.54 Å². The van der Waals surface area contributed by atoms with E-state index in [1.165, 1.54) is 11.5 Å². The smallest absolute Gasteiger partial charge is 0.234 e. The summed E-state index contributed by atoms with van der Waals surface area (Å²) in [5.41, 5.74) is 8.07. The van der Waals surface area contributed by atoms with Gasteiger partial charge in [0.2, 0.25) is 5.91 Å². The van der Waals surface area contributed by atoms with Crippen LogP contribution in [0.15, 0.2) is 60.7 Å². The molecule has 3 nitrogen and oxygen atoms in total. The molecule has 0 aromatic heterocycles. The summed E-state index contributed by atoms with van der Waals surface area (Å²) < 4.78 is 0. The molecule has 3 heteroatoms. The van der Waals surface area contributed by atoms with Crippen molar-refractivity contribution in [1.82, 2.24) is 5.32 Å². The molecule has 0 saturated heterocycles. The number of hydrogen-bond acceptors (Lipinski definition) is 2. The molecule has 0 aliphatic rings. The van der Waals surface area contributed by atoms with E-state index in [9.17, 15) is 4.79 Å². The zero-order valence-corrected chi connectivity index (χ0v) is 15.2. The molecule has 0 aliphatic carbocycles. The number of benzene rings is 2. The molecule has 2 rings (SSSR count). The molecule has 2 aromatic carbocycles. The molecule has 3 N–H and O–H groups in total. The van der Waals surface area contributed by atoms with Crippen LogP contribution in [-0.2, 0) is 17.6 Å². The minimum absolute atomic E-state index is 0.292. The van der Waals surface area contributed by atoms with E-state index < -0.39 is 0 Å². The van der Waals surface area contributed by atoms with Gasteiger partial charge in [-0.3, -0.25) is 4.79 Å². The molecule has 0 saturated carbocycles. The minimum atomic E-state index is -0.335. The zero-order valence-electron chi connectivity index (χ0n) is 15.2. The largest absolute Gasteiger partial charge is 0.368 e. The fourth-order valence-electron chi connectivity index (χ4n) is 3.17. The number of nitrogens with two attached hydrogens (primary N) is 1. The summed E-state index contributed by atoms with van der Waals surface area (Å²) in [5.74, 6) is 1.56. The predicted molar refractivity (Wildman–Crippen MR) is 104 cm³/mol. The van der Waals surface area contributed by atoms with Crippen LogP contribution in [0, 0.1) is 11.8 Å². The molecule has 1 amide bonds. The Balaban J connectivity index is 1.97. The maximum atomic E-state index is 11.9. The molecular weight excluding hydrogens is 308 g/mol. The lowest BCUT2D eigenvalue weighted by molar-refractivity contribution is -0.120. The van der Waals surface area contributed by atoms with E-state index in [1.807, 2.05) is 36.4 Å². The summed E-state index contributed by atoms with van der Waals surface area (Å²) >= 11 is 0. The van der Waals surface area contributed by atoms with Crippen LogP contribution in [0.4, 0.5) is 0 Å². The average molecular weight is 337 g/mol. The predicted octanol–water partition coefficient (Wildman–Crippen LogP) is 3.54. The first-order valence-corrected chi connectivity index (χ1v) is 8.94. The number of hydrogen-bond donors (Lipinski definition) is 2. The van der Waals surface area contributed by atoms with Crippen LogP contribution in [-0.4, -0.2) is 18.5 Å². The number of primary amides is 1. The van der Waals surface area contributed by atoms with Crippen LogP contribution >= 0.6 is 0 Å². The Labute approximate surface area is 151 Å². The Morgan fingerprint density at radius 2 is 1.44 bits per heavy atom. The number of carbonyl (C=O) groups is 1. The highest BCUT2D eigenvalue weighted by molar-refractivity contribution is 5.80. The van der Waals surface area contributed by atoms with Crippen LogP contribution in [0.3, 0.4) is 0 Å². The standard InChI is InChI=1S/C22H29N2O/c1-17(2)13-20(14-18-9-5-3-6-10-18)16-24-21(22(23)25)15-19-11-7-4-8-12-19/h3-12,20-21,24H,13-16H2,1-2H3,(H2,23,25). The Morgan fingerprint density at radius 1 is 0.920 bits per heavy atom. The lowest BCUT2D eigenvalue weighted by atomic mass is 9.90. The Bertz CT molecular complexity index is 625. The second-order valence-electron chi connectivity index (χ2n) is 7.02. The van der Waals surface area contributed by atoms with Gasteiger partial charge in [-0.15, -0.1) is 0 Å². The van der Waals surface area contributed by atoms with Crippen molar-refractivity contribution in [2.24, 2.45) is 11.7 Å². The number of amides is 1. The van der Waals surface area contributed by atoms with Gasteiger partial charge < -0.3 is 11.1 Å². The van der Waals surface area contributed by atoms with Gasteiger partial charge in [-0.1, -0.05) is 74.5 Å². The molecule has 0 aliphatic heterocycles. The second-order valence-corrected chi connectivity index (χ2v) is 7.02. The summed E-state index contributed by atoms with van der Waals surface area (Å²) in [4.78, 5) is 11.9. The molecule has 25 heavy (non-hydrogen) atoms. The third kappa shape index (κ3) is 7.10. The number of rotatable bonds is 10. The van der Waals surface area contributed by atoms with Gasteiger partial charge in [0.25, 0.3) is 0 Å². The van der Waals surface area contributed by atoms with Gasteiger partial charge in [0.05, 0.1) is 6.04 Å². The molecule has 2 atom stereocenters. The summed E-state index contributed by atoms with van der Waals surface area (Å²) in [6, 6.07) is 20.2.